The molecule has 0 radical (unpaired) electrons. The van der Waals surface area contributed by atoms with Crippen LogP contribution in [0.4, 0.5) is 0 Å². The molecule has 0 aromatic heterocycles. The highest BCUT2D eigenvalue weighted by atomic mass is 31.2. The molecule has 0 spiro atoms. The van der Waals surface area contributed by atoms with Crippen LogP contribution in [0.3, 0.4) is 0 Å². The van der Waals surface area contributed by atoms with Crippen molar-refractivity contribution in [2.75, 3.05) is 39.6 Å². The zero-order valence-electron chi connectivity index (χ0n) is 59.4. The molecule has 3 N–H and O–H groups in total. The third-order valence-electron chi connectivity index (χ3n) is 15.7. The number of phosphoric acid groups is 2. The van der Waals surface area contributed by atoms with E-state index in [2.05, 4.69) is 101 Å². The van der Waals surface area contributed by atoms with Gasteiger partial charge in [-0.05, 0) is 109 Å². The molecule has 0 fully saturated rings. The number of allylic oxidation sites excluding steroid dienone is 12. The molecule has 0 heterocycles. The van der Waals surface area contributed by atoms with Crippen LogP contribution in [0.1, 0.15) is 323 Å². The summed E-state index contributed by atoms with van der Waals surface area (Å²) < 4.78 is 68.3. The summed E-state index contributed by atoms with van der Waals surface area (Å²) in [6.07, 6.45) is 66.1. The van der Waals surface area contributed by atoms with Crippen LogP contribution in [0.5, 0.6) is 0 Å². The number of rotatable bonds is 70. The molecular formula is C75H134O17P2. The maximum absolute atomic E-state index is 13.0. The Morgan fingerprint density at radius 2 is 0.564 bits per heavy atom. The van der Waals surface area contributed by atoms with Crippen LogP contribution in [-0.4, -0.2) is 96.7 Å². The summed E-state index contributed by atoms with van der Waals surface area (Å²) in [7, 11) is -9.94. The molecule has 0 aliphatic heterocycles. The number of phosphoric ester groups is 2. The smallest absolute Gasteiger partial charge is 0.462 e. The lowest BCUT2D eigenvalue weighted by atomic mass is 10.0. The van der Waals surface area contributed by atoms with Gasteiger partial charge in [0, 0.05) is 25.7 Å². The lowest BCUT2D eigenvalue weighted by molar-refractivity contribution is -0.161. The fraction of sp³-hybridized carbons (Fsp3) is 0.787. The van der Waals surface area contributed by atoms with E-state index in [0.717, 1.165) is 161 Å². The van der Waals surface area contributed by atoms with Crippen molar-refractivity contribution in [1.29, 1.82) is 0 Å². The predicted octanol–water partition coefficient (Wildman–Crippen LogP) is 20.9. The molecule has 5 unspecified atom stereocenters. The number of aliphatic hydroxyl groups excluding tert-OH is 1. The summed E-state index contributed by atoms with van der Waals surface area (Å²) in [6, 6.07) is 0. The van der Waals surface area contributed by atoms with Crippen molar-refractivity contribution in [3.63, 3.8) is 0 Å². The van der Waals surface area contributed by atoms with Crippen molar-refractivity contribution in [2.24, 2.45) is 0 Å². The summed E-state index contributed by atoms with van der Waals surface area (Å²) in [5.74, 6) is -2.20. The summed E-state index contributed by atoms with van der Waals surface area (Å²) in [6.45, 7) is 4.68. The average molecular weight is 1370 g/mol. The molecule has 0 rings (SSSR count). The second-order valence-electron chi connectivity index (χ2n) is 24.9. The van der Waals surface area contributed by atoms with Crippen molar-refractivity contribution >= 4 is 39.5 Å². The highest BCUT2D eigenvalue weighted by Crippen LogP contribution is 2.45. The Bertz CT molecular complexity index is 2070. The molecule has 94 heavy (non-hydrogen) atoms. The minimum Gasteiger partial charge on any atom is -0.462 e. The Labute approximate surface area is 571 Å². The summed E-state index contributed by atoms with van der Waals surface area (Å²) in [5, 5.41) is 10.6. The predicted molar refractivity (Wildman–Crippen MR) is 381 cm³/mol. The quantitative estimate of drug-likeness (QED) is 0.0169. The van der Waals surface area contributed by atoms with Crippen LogP contribution < -0.4 is 0 Å². The first-order valence-corrected chi connectivity index (χ1v) is 40.2. The molecule has 0 saturated heterocycles. The van der Waals surface area contributed by atoms with E-state index in [1.54, 1.807) is 0 Å². The molecule has 0 saturated carbocycles. The monoisotopic (exact) mass is 1370 g/mol. The topological polar surface area (TPSA) is 237 Å². The van der Waals surface area contributed by atoms with Gasteiger partial charge >= 0.3 is 39.5 Å². The van der Waals surface area contributed by atoms with Gasteiger partial charge in [0.1, 0.15) is 19.3 Å². The minimum absolute atomic E-state index is 0.0824. The second-order valence-corrected chi connectivity index (χ2v) is 27.8. The number of aliphatic hydroxyl groups is 1. The van der Waals surface area contributed by atoms with Gasteiger partial charge in [-0.2, -0.15) is 0 Å². The van der Waals surface area contributed by atoms with Crippen LogP contribution in [0.2, 0.25) is 0 Å². The minimum atomic E-state index is -4.97. The number of hydrogen-bond donors (Lipinski definition) is 3. The second kappa shape index (κ2) is 68.0. The average Bonchev–Trinajstić information content (AvgIpc) is 1.35. The van der Waals surface area contributed by atoms with Crippen molar-refractivity contribution < 1.29 is 80.2 Å². The number of carbonyl (C=O) groups is 4. The van der Waals surface area contributed by atoms with Gasteiger partial charge in [-0.25, -0.2) is 9.13 Å². The first-order chi connectivity index (χ1) is 45.7. The summed E-state index contributed by atoms with van der Waals surface area (Å²) in [5.41, 5.74) is 0. The largest absolute Gasteiger partial charge is 0.472 e. The molecule has 5 atom stereocenters. The number of unbranched alkanes of at least 4 members (excludes halogenated alkanes) is 32. The first kappa shape index (κ1) is 90.5. The Hall–Kier alpha value is -3.50. The lowest BCUT2D eigenvalue weighted by Crippen LogP contribution is -2.30. The van der Waals surface area contributed by atoms with Crippen molar-refractivity contribution in [1.82, 2.24) is 0 Å². The van der Waals surface area contributed by atoms with E-state index < -0.39 is 97.5 Å². The van der Waals surface area contributed by atoms with Crippen molar-refractivity contribution in [2.45, 2.75) is 341 Å². The van der Waals surface area contributed by atoms with Gasteiger partial charge in [0.15, 0.2) is 12.2 Å². The van der Waals surface area contributed by atoms with Crippen LogP contribution in [0.25, 0.3) is 0 Å². The summed E-state index contributed by atoms with van der Waals surface area (Å²) >= 11 is 0. The van der Waals surface area contributed by atoms with Gasteiger partial charge in [0.05, 0.1) is 26.4 Å². The fourth-order valence-electron chi connectivity index (χ4n) is 9.95. The van der Waals surface area contributed by atoms with Crippen molar-refractivity contribution in [3.8, 4) is 0 Å². The van der Waals surface area contributed by atoms with Crippen LogP contribution in [0, 0.1) is 0 Å². The van der Waals surface area contributed by atoms with E-state index >= 15 is 0 Å². The molecule has 0 amide bonds. The molecule has 0 bridgehead atoms. The molecule has 17 nitrogen and oxygen atoms in total. The number of ether oxygens (including phenoxy) is 4. The molecular weight excluding hydrogens is 1230 g/mol. The first-order valence-electron chi connectivity index (χ1n) is 37.2. The Balaban J connectivity index is 5.32. The standard InChI is InChI=1S/C75H134O17P2/c1-5-9-13-17-21-25-29-32-34-37-40-43-47-51-55-59-72(77)85-65-70(91-74(79)61-57-53-49-45-39-28-24-20-16-12-8-4)67-89-93(81,82)87-63-69(76)64-88-94(83,84)90-68-71(92-75(80)62-58-54-50-46-42-36-31-27-23-19-15-11-7-3)66-86-73(78)60-56-52-48-44-41-38-35-33-30-26-22-18-14-10-6-2/h9,13,20-22,24-26,32-35,69-71,76H,5-8,10-12,14-19,23,27-31,36-68H2,1-4H3,(H,81,82)(H,83,84)/b13-9-,24-20-,25-21-,26-22-,34-32-,35-33-. The van der Waals surface area contributed by atoms with Crippen LogP contribution >= 0.6 is 15.6 Å². The van der Waals surface area contributed by atoms with Crippen molar-refractivity contribution in [3.05, 3.63) is 72.9 Å². The van der Waals surface area contributed by atoms with Gasteiger partial charge in [-0.3, -0.25) is 37.3 Å². The van der Waals surface area contributed by atoms with E-state index in [9.17, 15) is 43.2 Å². The molecule has 546 valence electrons. The Morgan fingerprint density at radius 1 is 0.309 bits per heavy atom. The van der Waals surface area contributed by atoms with Gasteiger partial charge in [-0.15, -0.1) is 0 Å². The van der Waals surface area contributed by atoms with Gasteiger partial charge in [-0.1, -0.05) is 261 Å². The molecule has 0 aromatic rings. The van der Waals surface area contributed by atoms with E-state index in [0.29, 0.717) is 25.7 Å². The third-order valence-corrected chi connectivity index (χ3v) is 17.6. The number of hydrogen-bond acceptors (Lipinski definition) is 15. The highest BCUT2D eigenvalue weighted by Gasteiger charge is 2.30. The molecule has 0 aliphatic rings. The molecule has 0 aromatic carbocycles. The molecule has 19 heteroatoms. The maximum atomic E-state index is 13.0. The Kier molecular flexibility index (Phi) is 65.5. The normalized spacial score (nSPS) is 14.4. The van der Waals surface area contributed by atoms with E-state index in [1.807, 2.05) is 0 Å². The lowest BCUT2D eigenvalue weighted by Gasteiger charge is -2.21. The number of carbonyl (C=O) groups excluding carboxylic acids is 4. The van der Waals surface area contributed by atoms with Gasteiger partial charge in [0.25, 0.3) is 0 Å². The molecule has 0 aliphatic carbocycles. The SMILES string of the molecule is CC/C=C\C/C=C\C/C=C\CCCCCCCC(=O)OCC(COP(=O)(O)OCC(O)COP(=O)(O)OCC(COC(=O)CCCCCCC/C=C\C/C=C\CCCCC)OC(=O)CCCCCCCCCCCCCCC)OC(=O)CCCCCCC/C=C\CCCC. The maximum Gasteiger partial charge on any atom is 0.472 e. The van der Waals surface area contributed by atoms with Crippen LogP contribution in [-0.2, 0) is 65.4 Å². The zero-order valence-corrected chi connectivity index (χ0v) is 61.2. The fourth-order valence-corrected chi connectivity index (χ4v) is 11.5. The third kappa shape index (κ3) is 67.1. The summed E-state index contributed by atoms with van der Waals surface area (Å²) in [4.78, 5) is 72.7. The highest BCUT2D eigenvalue weighted by molar-refractivity contribution is 7.47. The van der Waals surface area contributed by atoms with Crippen LogP contribution in [0.15, 0.2) is 72.9 Å². The van der Waals surface area contributed by atoms with E-state index in [-0.39, 0.29) is 25.7 Å². The number of esters is 4. The zero-order chi connectivity index (χ0) is 69.0. The van der Waals surface area contributed by atoms with Gasteiger partial charge < -0.3 is 33.8 Å². The van der Waals surface area contributed by atoms with E-state index in [1.165, 1.54) is 83.5 Å². The Morgan fingerprint density at radius 3 is 0.915 bits per heavy atom. The van der Waals surface area contributed by atoms with Gasteiger partial charge in [0.2, 0.25) is 0 Å². The van der Waals surface area contributed by atoms with E-state index in [4.69, 9.17) is 37.0 Å².